The van der Waals surface area contributed by atoms with Crippen LogP contribution in [0.3, 0.4) is 0 Å². The van der Waals surface area contributed by atoms with E-state index in [0.717, 1.165) is 42.4 Å². The number of nitrogens with one attached hydrogen (secondary N) is 1. The number of hydrogen-bond acceptors (Lipinski definition) is 6. The molecule has 0 saturated heterocycles. The zero-order valence-electron chi connectivity index (χ0n) is 19.8. The van der Waals surface area contributed by atoms with Gasteiger partial charge < -0.3 is 9.73 Å². The number of nitro groups is 1. The number of aryl methyl sites for hydroxylation is 2. The molecular weight excluding hydrogens is 474 g/mol. The maximum atomic E-state index is 13.2. The first-order valence-corrected chi connectivity index (χ1v) is 12.7. The van der Waals surface area contributed by atoms with Crippen LogP contribution in [0.5, 0.6) is 0 Å². The summed E-state index contributed by atoms with van der Waals surface area (Å²) in [6, 6.07) is 18.3. The molecule has 0 aliphatic heterocycles. The Morgan fingerprint density at radius 1 is 1.14 bits per heavy atom. The van der Waals surface area contributed by atoms with Crippen LogP contribution in [0.15, 0.2) is 70.1 Å². The third kappa shape index (κ3) is 4.99. The van der Waals surface area contributed by atoms with Crippen LogP contribution in [0.4, 0.5) is 10.7 Å². The number of furan rings is 1. The molecular formula is C28H25N3O4S. The number of thiophene rings is 1. The summed E-state index contributed by atoms with van der Waals surface area (Å²) < 4.78 is 5.88. The first kappa shape index (κ1) is 23.7. The number of rotatable bonds is 7. The van der Waals surface area contributed by atoms with E-state index in [1.165, 1.54) is 10.9 Å². The van der Waals surface area contributed by atoms with Crippen molar-refractivity contribution in [2.24, 2.45) is 4.99 Å². The summed E-state index contributed by atoms with van der Waals surface area (Å²) in [5, 5.41) is 15.2. The van der Waals surface area contributed by atoms with E-state index in [4.69, 9.17) is 4.42 Å². The molecule has 2 heterocycles. The van der Waals surface area contributed by atoms with Crippen LogP contribution in [0.1, 0.15) is 50.5 Å². The number of nitrogens with zero attached hydrogens (tertiary/aromatic N) is 2. The molecule has 0 fully saturated rings. The fourth-order valence-corrected chi connectivity index (χ4v) is 5.66. The SMILES string of the molecule is Cc1ccc(-c2ccc(/C=N\c3sc4c(c3C(=O)NCc3ccccc3)CCCC4)o2)c([N+](=O)[O-])c1. The number of nitro benzene ring substituents is 1. The van der Waals surface area contributed by atoms with Gasteiger partial charge in [-0.3, -0.25) is 14.9 Å². The van der Waals surface area contributed by atoms with Gasteiger partial charge in [-0.05, 0) is 67.5 Å². The van der Waals surface area contributed by atoms with Gasteiger partial charge in [0.25, 0.3) is 11.6 Å². The predicted octanol–water partition coefficient (Wildman–Crippen LogP) is 6.78. The number of fused-ring (bicyclic) bond motifs is 1. The molecule has 2 aromatic carbocycles. The summed E-state index contributed by atoms with van der Waals surface area (Å²) in [4.78, 5) is 30.2. The topological polar surface area (TPSA) is 97.7 Å². The highest BCUT2D eigenvalue weighted by Crippen LogP contribution is 2.40. The lowest BCUT2D eigenvalue weighted by molar-refractivity contribution is -0.384. The molecule has 2 aromatic heterocycles. The number of carbonyl (C=O) groups is 1. The molecule has 4 aromatic rings. The summed E-state index contributed by atoms with van der Waals surface area (Å²) in [6.45, 7) is 2.26. The Hall–Kier alpha value is -4.04. The Labute approximate surface area is 212 Å². The van der Waals surface area contributed by atoms with E-state index in [1.54, 1.807) is 35.8 Å². The average Bonchev–Trinajstić information content (AvgIpc) is 3.51. The van der Waals surface area contributed by atoms with Crippen molar-refractivity contribution in [3.05, 3.63) is 104 Å². The quantitative estimate of drug-likeness (QED) is 0.172. The Kier molecular flexibility index (Phi) is 6.77. The zero-order valence-corrected chi connectivity index (χ0v) is 20.6. The molecule has 1 amide bonds. The van der Waals surface area contributed by atoms with Crippen molar-refractivity contribution in [3.8, 4) is 11.3 Å². The average molecular weight is 500 g/mol. The van der Waals surface area contributed by atoms with Crippen LogP contribution >= 0.6 is 11.3 Å². The van der Waals surface area contributed by atoms with Crippen LogP contribution in [0.25, 0.3) is 11.3 Å². The van der Waals surface area contributed by atoms with E-state index in [-0.39, 0.29) is 11.6 Å². The smallest absolute Gasteiger partial charge is 0.280 e. The molecule has 0 saturated carbocycles. The molecule has 0 atom stereocenters. The minimum atomic E-state index is -0.408. The van der Waals surface area contributed by atoms with Crippen molar-refractivity contribution >= 4 is 34.1 Å². The van der Waals surface area contributed by atoms with Crippen LogP contribution in [-0.4, -0.2) is 17.0 Å². The number of benzene rings is 2. The highest BCUT2D eigenvalue weighted by molar-refractivity contribution is 7.16. The summed E-state index contributed by atoms with van der Waals surface area (Å²) in [5.74, 6) is 0.733. The molecule has 0 spiro atoms. The van der Waals surface area contributed by atoms with Gasteiger partial charge in [0, 0.05) is 17.5 Å². The highest BCUT2D eigenvalue weighted by atomic mass is 32.1. The Balaban J connectivity index is 1.41. The van der Waals surface area contributed by atoms with Gasteiger partial charge in [0.05, 0.1) is 22.3 Å². The molecule has 0 unspecified atom stereocenters. The zero-order chi connectivity index (χ0) is 25.1. The Morgan fingerprint density at radius 3 is 2.75 bits per heavy atom. The molecule has 8 heteroatoms. The molecule has 1 aliphatic rings. The van der Waals surface area contributed by atoms with Gasteiger partial charge in [-0.15, -0.1) is 11.3 Å². The van der Waals surface area contributed by atoms with Gasteiger partial charge in [-0.25, -0.2) is 4.99 Å². The van der Waals surface area contributed by atoms with Gasteiger partial charge in [-0.2, -0.15) is 0 Å². The number of hydrogen-bond donors (Lipinski definition) is 1. The minimum Gasteiger partial charge on any atom is -0.455 e. The highest BCUT2D eigenvalue weighted by Gasteiger charge is 2.25. The second-order valence-electron chi connectivity index (χ2n) is 8.80. The van der Waals surface area contributed by atoms with Crippen LogP contribution < -0.4 is 5.32 Å². The maximum absolute atomic E-state index is 13.2. The van der Waals surface area contributed by atoms with E-state index in [0.29, 0.717) is 34.2 Å². The third-order valence-electron chi connectivity index (χ3n) is 6.23. The lowest BCUT2D eigenvalue weighted by atomic mass is 9.95. The van der Waals surface area contributed by atoms with Crippen molar-refractivity contribution in [3.63, 3.8) is 0 Å². The fraction of sp³-hybridized carbons (Fsp3) is 0.214. The summed E-state index contributed by atoms with van der Waals surface area (Å²) in [5.41, 5.74) is 3.99. The summed E-state index contributed by atoms with van der Waals surface area (Å²) in [6.07, 6.45) is 5.57. The van der Waals surface area contributed by atoms with Crippen molar-refractivity contribution < 1.29 is 14.1 Å². The second-order valence-corrected chi connectivity index (χ2v) is 9.88. The van der Waals surface area contributed by atoms with Gasteiger partial charge in [0.15, 0.2) is 0 Å². The third-order valence-corrected chi connectivity index (χ3v) is 7.43. The number of amides is 1. The lowest BCUT2D eigenvalue weighted by Crippen LogP contribution is -2.24. The number of carbonyl (C=O) groups excluding carboxylic acids is 1. The van der Waals surface area contributed by atoms with Crippen molar-refractivity contribution in [1.29, 1.82) is 0 Å². The lowest BCUT2D eigenvalue weighted by Gasteiger charge is -2.12. The van der Waals surface area contributed by atoms with Crippen molar-refractivity contribution in [1.82, 2.24) is 5.32 Å². The monoisotopic (exact) mass is 499 g/mol. The van der Waals surface area contributed by atoms with E-state index in [1.807, 2.05) is 43.3 Å². The summed E-state index contributed by atoms with van der Waals surface area (Å²) >= 11 is 1.55. The maximum Gasteiger partial charge on any atom is 0.280 e. The van der Waals surface area contributed by atoms with Crippen LogP contribution in [0, 0.1) is 17.0 Å². The molecule has 7 nitrogen and oxygen atoms in total. The van der Waals surface area contributed by atoms with Gasteiger partial charge in [0.2, 0.25) is 0 Å². The molecule has 5 rings (SSSR count). The van der Waals surface area contributed by atoms with Gasteiger partial charge in [0.1, 0.15) is 16.5 Å². The fourth-order valence-electron chi connectivity index (χ4n) is 4.43. The Bertz CT molecular complexity index is 1450. The van der Waals surface area contributed by atoms with Crippen LogP contribution in [0.2, 0.25) is 0 Å². The van der Waals surface area contributed by atoms with Crippen molar-refractivity contribution in [2.75, 3.05) is 0 Å². The Morgan fingerprint density at radius 2 is 1.94 bits per heavy atom. The van der Waals surface area contributed by atoms with Gasteiger partial charge in [-0.1, -0.05) is 36.4 Å². The molecule has 1 aliphatic carbocycles. The first-order valence-electron chi connectivity index (χ1n) is 11.9. The molecule has 1 N–H and O–H groups in total. The standard InChI is InChI=1S/C28H25N3O4S/c1-18-11-13-21(23(15-18)31(33)34)24-14-12-20(35-24)17-30-28-26(22-9-5-6-10-25(22)36-28)27(32)29-16-19-7-3-2-4-8-19/h2-4,7-8,11-15,17H,5-6,9-10,16H2,1H3,(H,29,32)/b30-17-. The molecule has 182 valence electrons. The summed E-state index contributed by atoms with van der Waals surface area (Å²) in [7, 11) is 0. The van der Waals surface area contributed by atoms with E-state index in [9.17, 15) is 14.9 Å². The predicted molar refractivity (Wildman–Crippen MR) is 141 cm³/mol. The molecule has 36 heavy (non-hydrogen) atoms. The van der Waals surface area contributed by atoms with Gasteiger partial charge >= 0.3 is 0 Å². The van der Waals surface area contributed by atoms with E-state index >= 15 is 0 Å². The van der Waals surface area contributed by atoms with E-state index < -0.39 is 4.92 Å². The largest absolute Gasteiger partial charge is 0.455 e. The second kappa shape index (κ2) is 10.3. The van der Waals surface area contributed by atoms with Crippen LogP contribution in [-0.2, 0) is 19.4 Å². The minimum absolute atomic E-state index is 0.00357. The van der Waals surface area contributed by atoms with Crippen molar-refractivity contribution in [2.45, 2.75) is 39.2 Å². The van der Waals surface area contributed by atoms with E-state index in [2.05, 4.69) is 10.3 Å². The molecule has 0 radical (unpaired) electrons. The first-order chi connectivity index (χ1) is 17.5. The normalized spacial score (nSPS) is 13.0. The number of aliphatic imine (C=N–C) groups is 1. The molecule has 0 bridgehead atoms.